The second-order valence-corrected chi connectivity index (χ2v) is 4.51. The Morgan fingerprint density at radius 2 is 2.16 bits per heavy atom. The highest BCUT2D eigenvalue weighted by Crippen LogP contribution is 2.19. The monoisotopic (exact) mass is 263 g/mol. The van der Waals surface area contributed by atoms with Gasteiger partial charge in [-0.25, -0.2) is 4.98 Å². The lowest BCUT2D eigenvalue weighted by molar-refractivity contribution is 0.0203. The Labute approximate surface area is 110 Å². The molecule has 0 aliphatic heterocycles. The van der Waals surface area contributed by atoms with Crippen LogP contribution in [-0.2, 0) is 7.05 Å². The molecule has 0 amide bonds. The van der Waals surface area contributed by atoms with Crippen molar-refractivity contribution in [3.63, 3.8) is 0 Å². The molecule has 6 nitrogen and oxygen atoms in total. The van der Waals surface area contributed by atoms with Crippen LogP contribution in [0.4, 0.5) is 0 Å². The van der Waals surface area contributed by atoms with E-state index < -0.39 is 12.2 Å². The number of aliphatic hydroxyl groups excluding tert-OH is 2. The van der Waals surface area contributed by atoms with Crippen molar-refractivity contribution in [1.82, 2.24) is 14.9 Å². The van der Waals surface area contributed by atoms with Gasteiger partial charge in [0.05, 0.1) is 23.3 Å². The van der Waals surface area contributed by atoms with Crippen molar-refractivity contribution in [1.29, 1.82) is 0 Å². The lowest BCUT2D eigenvalue weighted by Gasteiger charge is -2.18. The van der Waals surface area contributed by atoms with Gasteiger partial charge in [-0.15, -0.1) is 0 Å². The summed E-state index contributed by atoms with van der Waals surface area (Å²) in [7, 11) is 3.31. The Balaban J connectivity index is 2.46. The van der Waals surface area contributed by atoms with E-state index >= 15 is 0 Å². The molecule has 0 bridgehead atoms. The van der Waals surface area contributed by atoms with Crippen LogP contribution in [0.25, 0.3) is 10.9 Å². The minimum Gasteiger partial charge on any atom is -0.389 e. The van der Waals surface area contributed by atoms with E-state index in [1.54, 1.807) is 32.3 Å². The Morgan fingerprint density at radius 3 is 2.84 bits per heavy atom. The molecule has 2 aromatic rings. The predicted octanol–water partition coefficient (Wildman–Crippen LogP) is -0.453. The van der Waals surface area contributed by atoms with Crippen molar-refractivity contribution >= 4 is 10.9 Å². The van der Waals surface area contributed by atoms with Gasteiger partial charge in [0.1, 0.15) is 6.10 Å². The minimum atomic E-state index is -1.04. The molecule has 0 spiro atoms. The molecular formula is C13H17N3O3. The third-order valence-corrected chi connectivity index (χ3v) is 3.06. The smallest absolute Gasteiger partial charge is 0.260 e. The summed E-state index contributed by atoms with van der Waals surface area (Å²) in [4.78, 5) is 16.1. The summed E-state index contributed by atoms with van der Waals surface area (Å²) in [6.45, 7) is 0.268. The molecule has 19 heavy (non-hydrogen) atoms. The number of aromatic nitrogens is 2. The topological polar surface area (TPSA) is 87.4 Å². The number of hydrogen-bond acceptors (Lipinski definition) is 5. The zero-order chi connectivity index (χ0) is 14.0. The molecule has 1 aromatic carbocycles. The molecule has 0 aliphatic carbocycles. The molecule has 1 heterocycles. The van der Waals surface area contributed by atoms with Crippen LogP contribution in [0.15, 0.2) is 29.3 Å². The number of fused-ring (bicyclic) bond motifs is 1. The molecule has 6 heteroatoms. The van der Waals surface area contributed by atoms with Crippen LogP contribution >= 0.6 is 0 Å². The summed E-state index contributed by atoms with van der Waals surface area (Å²) < 4.78 is 1.38. The van der Waals surface area contributed by atoms with E-state index in [0.717, 1.165) is 0 Å². The molecule has 1 aromatic heterocycles. The van der Waals surface area contributed by atoms with Gasteiger partial charge in [0.25, 0.3) is 5.56 Å². The summed E-state index contributed by atoms with van der Waals surface area (Å²) >= 11 is 0. The van der Waals surface area contributed by atoms with Crippen LogP contribution in [0.1, 0.15) is 11.7 Å². The van der Waals surface area contributed by atoms with Gasteiger partial charge >= 0.3 is 0 Å². The van der Waals surface area contributed by atoms with Crippen LogP contribution in [0.3, 0.4) is 0 Å². The van der Waals surface area contributed by atoms with E-state index in [1.807, 2.05) is 0 Å². The van der Waals surface area contributed by atoms with Crippen molar-refractivity contribution in [2.75, 3.05) is 13.6 Å². The van der Waals surface area contributed by atoms with Crippen LogP contribution < -0.4 is 10.9 Å². The molecule has 0 saturated carbocycles. The Morgan fingerprint density at radius 1 is 1.42 bits per heavy atom. The van der Waals surface area contributed by atoms with Crippen LogP contribution in [0, 0.1) is 0 Å². The number of likely N-dealkylation sites (N-methyl/N-ethyl adjacent to an activating group) is 1. The highest BCUT2D eigenvalue weighted by atomic mass is 16.3. The number of hydrogen-bond donors (Lipinski definition) is 3. The third-order valence-electron chi connectivity index (χ3n) is 3.06. The molecule has 0 aliphatic rings. The number of benzene rings is 1. The first-order chi connectivity index (χ1) is 9.04. The predicted molar refractivity (Wildman–Crippen MR) is 71.9 cm³/mol. The molecule has 2 rings (SSSR count). The lowest BCUT2D eigenvalue weighted by atomic mass is 10.0. The van der Waals surface area contributed by atoms with Crippen LogP contribution in [0.5, 0.6) is 0 Å². The number of aryl methyl sites for hydroxylation is 1. The number of nitrogens with zero attached hydrogens (tertiary/aromatic N) is 2. The maximum absolute atomic E-state index is 12.0. The number of rotatable bonds is 4. The van der Waals surface area contributed by atoms with Gasteiger partial charge in [-0.1, -0.05) is 6.07 Å². The van der Waals surface area contributed by atoms with E-state index in [-0.39, 0.29) is 12.1 Å². The van der Waals surface area contributed by atoms with Crippen molar-refractivity contribution in [3.8, 4) is 0 Å². The maximum Gasteiger partial charge on any atom is 0.260 e. The third kappa shape index (κ3) is 2.65. The fraction of sp³-hybridized carbons (Fsp3) is 0.385. The normalized spacial score (nSPS) is 14.5. The molecule has 0 radical (unpaired) electrons. The summed E-state index contributed by atoms with van der Waals surface area (Å²) in [5.74, 6) is 0. The number of nitrogens with one attached hydrogen (secondary N) is 1. The van der Waals surface area contributed by atoms with Gasteiger partial charge in [-0.2, -0.15) is 0 Å². The summed E-state index contributed by atoms with van der Waals surface area (Å²) in [6, 6.07) is 4.91. The van der Waals surface area contributed by atoms with E-state index in [1.165, 1.54) is 10.9 Å². The average Bonchev–Trinajstić information content (AvgIpc) is 2.42. The molecule has 2 atom stereocenters. The molecule has 0 fully saturated rings. The van der Waals surface area contributed by atoms with E-state index in [4.69, 9.17) is 0 Å². The SMILES string of the molecule is CNCC(O)C(O)c1ccc2ncn(C)c(=O)c2c1. The lowest BCUT2D eigenvalue weighted by Crippen LogP contribution is -2.29. The average molecular weight is 263 g/mol. The van der Waals surface area contributed by atoms with Gasteiger partial charge < -0.3 is 20.1 Å². The molecule has 102 valence electrons. The fourth-order valence-electron chi connectivity index (χ4n) is 1.96. The second-order valence-electron chi connectivity index (χ2n) is 4.51. The number of aliphatic hydroxyl groups is 2. The summed E-state index contributed by atoms with van der Waals surface area (Å²) in [5, 5.41) is 23.0. The van der Waals surface area contributed by atoms with E-state index in [9.17, 15) is 15.0 Å². The quantitative estimate of drug-likeness (QED) is 0.695. The van der Waals surface area contributed by atoms with Crippen molar-refractivity contribution < 1.29 is 10.2 Å². The first-order valence-electron chi connectivity index (χ1n) is 6.00. The maximum atomic E-state index is 12.0. The Bertz CT molecular complexity index is 639. The van der Waals surface area contributed by atoms with Crippen LogP contribution in [0.2, 0.25) is 0 Å². The largest absolute Gasteiger partial charge is 0.389 e. The van der Waals surface area contributed by atoms with Crippen molar-refractivity contribution in [3.05, 3.63) is 40.4 Å². The van der Waals surface area contributed by atoms with Gasteiger partial charge in [0.15, 0.2) is 0 Å². The van der Waals surface area contributed by atoms with Gasteiger partial charge in [0, 0.05) is 13.6 Å². The zero-order valence-electron chi connectivity index (χ0n) is 10.9. The molecule has 0 saturated heterocycles. The zero-order valence-corrected chi connectivity index (χ0v) is 10.9. The van der Waals surface area contributed by atoms with Gasteiger partial charge in [-0.3, -0.25) is 4.79 Å². The Kier molecular flexibility index (Phi) is 3.94. The molecular weight excluding hydrogens is 246 g/mol. The van der Waals surface area contributed by atoms with E-state index in [0.29, 0.717) is 16.5 Å². The first-order valence-corrected chi connectivity index (χ1v) is 6.00. The van der Waals surface area contributed by atoms with Crippen molar-refractivity contribution in [2.24, 2.45) is 7.05 Å². The standard InChI is InChI=1S/C13H17N3O3/c1-14-6-11(17)12(18)8-3-4-10-9(5-8)13(19)16(2)7-15-10/h3-5,7,11-12,14,17-18H,6H2,1-2H3. The van der Waals surface area contributed by atoms with Gasteiger partial charge in [-0.05, 0) is 24.7 Å². The second kappa shape index (κ2) is 5.48. The highest BCUT2D eigenvalue weighted by Gasteiger charge is 2.18. The van der Waals surface area contributed by atoms with Crippen LogP contribution in [-0.4, -0.2) is 39.5 Å². The fourth-order valence-corrected chi connectivity index (χ4v) is 1.96. The molecule has 2 unspecified atom stereocenters. The summed E-state index contributed by atoms with van der Waals surface area (Å²) in [6.07, 6.45) is -0.513. The minimum absolute atomic E-state index is 0.179. The first kappa shape index (κ1) is 13.7. The Hall–Kier alpha value is -1.76. The molecule has 3 N–H and O–H groups in total. The van der Waals surface area contributed by atoms with Crippen molar-refractivity contribution in [2.45, 2.75) is 12.2 Å². The highest BCUT2D eigenvalue weighted by molar-refractivity contribution is 5.78. The summed E-state index contributed by atoms with van der Waals surface area (Å²) in [5.41, 5.74) is 0.893. The van der Waals surface area contributed by atoms with Gasteiger partial charge in [0.2, 0.25) is 0 Å². The van der Waals surface area contributed by atoms with E-state index in [2.05, 4.69) is 10.3 Å².